The van der Waals surface area contributed by atoms with Crippen LogP contribution in [0.1, 0.15) is 5.56 Å². The Morgan fingerprint density at radius 1 is 1.07 bits per heavy atom. The average molecular weight is 384 g/mol. The summed E-state index contributed by atoms with van der Waals surface area (Å²) >= 11 is 0. The van der Waals surface area contributed by atoms with Crippen molar-refractivity contribution in [2.24, 2.45) is 4.99 Å². The number of guanidine groups is 1. The van der Waals surface area contributed by atoms with Gasteiger partial charge in [0.05, 0.1) is 6.61 Å². The SMILES string of the molecule is CN=C(NCc1cccnc1OCCOC)N1CCN(c2ccccn2)CC1. The summed E-state index contributed by atoms with van der Waals surface area (Å²) < 4.78 is 10.7. The Balaban J connectivity index is 1.53. The molecule has 8 nitrogen and oxygen atoms in total. The van der Waals surface area contributed by atoms with Crippen LogP contribution in [0.25, 0.3) is 0 Å². The van der Waals surface area contributed by atoms with Crippen LogP contribution in [0.5, 0.6) is 5.88 Å². The van der Waals surface area contributed by atoms with Crippen LogP contribution >= 0.6 is 0 Å². The predicted octanol–water partition coefficient (Wildman–Crippen LogP) is 1.40. The van der Waals surface area contributed by atoms with E-state index in [0.717, 1.165) is 43.5 Å². The summed E-state index contributed by atoms with van der Waals surface area (Å²) in [6.45, 7) is 5.21. The van der Waals surface area contributed by atoms with E-state index in [1.165, 1.54) is 0 Å². The Kier molecular flexibility index (Phi) is 7.43. The third-order valence-corrected chi connectivity index (χ3v) is 4.58. The number of ether oxygens (including phenoxy) is 2. The Morgan fingerprint density at radius 3 is 2.61 bits per heavy atom. The zero-order chi connectivity index (χ0) is 19.6. The van der Waals surface area contributed by atoms with Gasteiger partial charge in [-0.25, -0.2) is 9.97 Å². The number of aliphatic imine (C=N–C) groups is 1. The molecular weight excluding hydrogens is 356 g/mol. The number of hydrogen-bond donors (Lipinski definition) is 1. The molecule has 3 heterocycles. The van der Waals surface area contributed by atoms with Crippen molar-refractivity contribution in [1.29, 1.82) is 0 Å². The standard InChI is InChI=1S/C20H28N6O2/c1-21-20(24-16-17-6-5-9-23-19(17)28-15-14-27-2)26-12-10-25(11-13-26)18-7-3-4-8-22-18/h3-9H,10-16H2,1-2H3,(H,21,24). The van der Waals surface area contributed by atoms with Gasteiger partial charge in [0, 0.05) is 64.8 Å². The quantitative estimate of drug-likeness (QED) is 0.439. The number of pyridine rings is 2. The van der Waals surface area contributed by atoms with Crippen LogP contribution < -0.4 is 15.0 Å². The van der Waals surface area contributed by atoms with Gasteiger partial charge >= 0.3 is 0 Å². The minimum absolute atomic E-state index is 0.477. The lowest BCUT2D eigenvalue weighted by Crippen LogP contribution is -2.52. The summed E-state index contributed by atoms with van der Waals surface area (Å²) in [5, 5.41) is 3.43. The summed E-state index contributed by atoms with van der Waals surface area (Å²) in [4.78, 5) is 17.8. The number of aromatic nitrogens is 2. The number of methoxy groups -OCH3 is 1. The van der Waals surface area contributed by atoms with Gasteiger partial charge in [0.1, 0.15) is 12.4 Å². The molecule has 2 aromatic heterocycles. The minimum atomic E-state index is 0.477. The number of anilines is 1. The van der Waals surface area contributed by atoms with Crippen LogP contribution in [0.2, 0.25) is 0 Å². The Bertz CT molecular complexity index is 747. The molecule has 1 aliphatic rings. The molecule has 1 fully saturated rings. The van der Waals surface area contributed by atoms with E-state index in [2.05, 4.69) is 36.1 Å². The van der Waals surface area contributed by atoms with Gasteiger partial charge < -0.3 is 24.6 Å². The summed E-state index contributed by atoms with van der Waals surface area (Å²) in [5.74, 6) is 2.54. The van der Waals surface area contributed by atoms with E-state index in [1.54, 1.807) is 13.3 Å². The molecule has 0 atom stereocenters. The molecular formula is C20H28N6O2. The van der Waals surface area contributed by atoms with Crippen molar-refractivity contribution in [1.82, 2.24) is 20.2 Å². The van der Waals surface area contributed by atoms with E-state index < -0.39 is 0 Å². The van der Waals surface area contributed by atoms with Crippen molar-refractivity contribution in [3.05, 3.63) is 48.3 Å². The Hall–Kier alpha value is -2.87. The maximum atomic E-state index is 5.71. The van der Waals surface area contributed by atoms with Crippen molar-refractivity contribution in [3.8, 4) is 5.88 Å². The minimum Gasteiger partial charge on any atom is -0.475 e. The molecule has 1 aliphatic heterocycles. The molecule has 1 N–H and O–H groups in total. The third-order valence-electron chi connectivity index (χ3n) is 4.58. The van der Waals surface area contributed by atoms with Crippen molar-refractivity contribution >= 4 is 11.8 Å². The van der Waals surface area contributed by atoms with Crippen molar-refractivity contribution in [3.63, 3.8) is 0 Å². The Morgan fingerprint density at radius 2 is 1.89 bits per heavy atom. The summed E-state index contributed by atoms with van der Waals surface area (Å²) in [5.41, 5.74) is 0.992. The van der Waals surface area contributed by atoms with Gasteiger partial charge in [0.2, 0.25) is 5.88 Å². The number of hydrogen-bond acceptors (Lipinski definition) is 6. The zero-order valence-electron chi connectivity index (χ0n) is 16.5. The predicted molar refractivity (Wildman–Crippen MR) is 110 cm³/mol. The van der Waals surface area contributed by atoms with Crippen molar-refractivity contribution in [2.75, 3.05) is 58.5 Å². The largest absolute Gasteiger partial charge is 0.475 e. The molecule has 0 aliphatic carbocycles. The van der Waals surface area contributed by atoms with Gasteiger partial charge in [0.15, 0.2) is 5.96 Å². The number of piperazine rings is 1. The highest BCUT2D eigenvalue weighted by molar-refractivity contribution is 5.80. The van der Waals surface area contributed by atoms with Crippen LogP contribution in [0.15, 0.2) is 47.7 Å². The van der Waals surface area contributed by atoms with Gasteiger partial charge in [-0.15, -0.1) is 0 Å². The summed E-state index contributed by atoms with van der Waals surface area (Å²) in [6.07, 6.45) is 3.57. The van der Waals surface area contributed by atoms with Gasteiger partial charge in [0.25, 0.3) is 0 Å². The van der Waals surface area contributed by atoms with Gasteiger partial charge in [-0.05, 0) is 18.2 Å². The van der Waals surface area contributed by atoms with Crippen molar-refractivity contribution in [2.45, 2.75) is 6.54 Å². The van der Waals surface area contributed by atoms with Crippen LogP contribution in [0.4, 0.5) is 5.82 Å². The van der Waals surface area contributed by atoms with Gasteiger partial charge in [-0.2, -0.15) is 0 Å². The fourth-order valence-corrected chi connectivity index (χ4v) is 3.11. The number of rotatable bonds is 7. The second-order valence-electron chi connectivity index (χ2n) is 6.37. The highest BCUT2D eigenvalue weighted by Crippen LogP contribution is 2.15. The van der Waals surface area contributed by atoms with E-state index in [4.69, 9.17) is 9.47 Å². The first-order valence-corrected chi connectivity index (χ1v) is 9.49. The number of nitrogens with one attached hydrogen (secondary N) is 1. The van der Waals surface area contributed by atoms with Crippen LogP contribution in [-0.2, 0) is 11.3 Å². The molecule has 0 bridgehead atoms. The average Bonchev–Trinajstić information content (AvgIpc) is 2.76. The summed E-state index contributed by atoms with van der Waals surface area (Å²) in [7, 11) is 3.47. The van der Waals surface area contributed by atoms with Crippen LogP contribution in [0, 0.1) is 0 Å². The first kappa shape index (κ1) is 19.9. The fourth-order valence-electron chi connectivity index (χ4n) is 3.11. The first-order chi connectivity index (χ1) is 13.8. The third kappa shape index (κ3) is 5.32. The normalized spacial score (nSPS) is 14.9. The fraction of sp³-hybridized carbons (Fsp3) is 0.450. The topological polar surface area (TPSA) is 75.1 Å². The van der Waals surface area contributed by atoms with Gasteiger partial charge in [-0.3, -0.25) is 4.99 Å². The summed E-state index contributed by atoms with van der Waals surface area (Å²) in [6, 6.07) is 9.94. The van der Waals surface area contributed by atoms with Crippen LogP contribution in [-0.4, -0.2) is 74.4 Å². The molecule has 0 saturated carbocycles. The smallest absolute Gasteiger partial charge is 0.218 e. The second kappa shape index (κ2) is 10.5. The maximum absolute atomic E-state index is 5.71. The number of nitrogens with zero attached hydrogens (tertiary/aromatic N) is 5. The maximum Gasteiger partial charge on any atom is 0.218 e. The van der Waals surface area contributed by atoms with E-state index in [9.17, 15) is 0 Å². The molecule has 0 aromatic carbocycles. The van der Waals surface area contributed by atoms with E-state index >= 15 is 0 Å². The molecule has 2 aromatic rings. The highest BCUT2D eigenvalue weighted by Gasteiger charge is 2.20. The van der Waals surface area contributed by atoms with Crippen molar-refractivity contribution < 1.29 is 9.47 Å². The lowest BCUT2D eigenvalue weighted by Gasteiger charge is -2.37. The monoisotopic (exact) mass is 384 g/mol. The van der Waals surface area contributed by atoms with Gasteiger partial charge in [-0.1, -0.05) is 12.1 Å². The Labute approximate surface area is 166 Å². The molecule has 28 heavy (non-hydrogen) atoms. The lowest BCUT2D eigenvalue weighted by atomic mass is 10.2. The van der Waals surface area contributed by atoms with Crippen LogP contribution in [0.3, 0.4) is 0 Å². The second-order valence-corrected chi connectivity index (χ2v) is 6.37. The van der Waals surface area contributed by atoms with E-state index in [-0.39, 0.29) is 0 Å². The van der Waals surface area contributed by atoms with E-state index in [0.29, 0.717) is 25.6 Å². The molecule has 8 heteroatoms. The first-order valence-electron chi connectivity index (χ1n) is 9.49. The highest BCUT2D eigenvalue weighted by atomic mass is 16.5. The molecule has 1 saturated heterocycles. The molecule has 0 amide bonds. The molecule has 0 spiro atoms. The zero-order valence-corrected chi connectivity index (χ0v) is 16.5. The molecule has 150 valence electrons. The molecule has 3 rings (SSSR count). The molecule has 0 unspecified atom stereocenters. The van der Waals surface area contributed by atoms with E-state index in [1.807, 2.05) is 37.5 Å². The lowest BCUT2D eigenvalue weighted by molar-refractivity contribution is 0.143. The molecule has 0 radical (unpaired) electrons.